The number of fused-ring (bicyclic) bond motifs is 1. The Morgan fingerprint density at radius 1 is 1.09 bits per heavy atom. The van der Waals surface area contributed by atoms with Crippen LogP contribution in [0.15, 0.2) is 48.5 Å². The molecule has 1 N–H and O–H groups in total. The number of rotatable bonds is 5. The first-order chi connectivity index (χ1) is 15.3. The first-order valence-electron chi connectivity index (χ1n) is 11.1. The van der Waals surface area contributed by atoms with Gasteiger partial charge in [-0.15, -0.1) is 0 Å². The molecule has 4 rings (SSSR count). The van der Waals surface area contributed by atoms with Gasteiger partial charge >= 0.3 is 0 Å². The summed E-state index contributed by atoms with van der Waals surface area (Å²) in [5.74, 6) is 0.00638. The number of hydrogen-bond donors (Lipinski definition) is 1. The van der Waals surface area contributed by atoms with E-state index in [9.17, 15) is 9.90 Å². The summed E-state index contributed by atoms with van der Waals surface area (Å²) in [5, 5.41) is 11.3. The van der Waals surface area contributed by atoms with Crippen molar-refractivity contribution in [2.24, 2.45) is 0 Å². The highest BCUT2D eigenvalue weighted by Gasteiger charge is 2.33. The number of aryl methyl sites for hydroxylation is 2. The van der Waals surface area contributed by atoms with Gasteiger partial charge in [0.05, 0.1) is 5.56 Å². The molecule has 0 radical (unpaired) electrons. The highest BCUT2D eigenvalue weighted by Crippen LogP contribution is 2.35. The Labute approximate surface area is 194 Å². The molecule has 1 heterocycles. The third-order valence-corrected chi connectivity index (χ3v) is 6.71. The lowest BCUT2D eigenvalue weighted by Crippen LogP contribution is -2.41. The molecule has 166 valence electrons. The lowest BCUT2D eigenvalue weighted by molar-refractivity contribution is 0.0663. The summed E-state index contributed by atoms with van der Waals surface area (Å²) < 4.78 is 0. The van der Waals surface area contributed by atoms with Crippen molar-refractivity contribution in [3.05, 3.63) is 92.8 Å². The van der Waals surface area contributed by atoms with Crippen LogP contribution in [0.2, 0.25) is 5.15 Å². The zero-order valence-electron chi connectivity index (χ0n) is 19.0. The van der Waals surface area contributed by atoms with E-state index in [0.29, 0.717) is 22.8 Å². The Balaban J connectivity index is 1.78. The van der Waals surface area contributed by atoms with Gasteiger partial charge in [-0.2, -0.15) is 0 Å². The molecule has 1 aliphatic rings. The Kier molecular flexibility index (Phi) is 6.25. The fraction of sp³-hybridized carbons (Fsp3) is 0.333. The lowest BCUT2D eigenvalue weighted by atomic mass is 9.93. The number of aromatic nitrogens is 1. The van der Waals surface area contributed by atoms with E-state index in [1.54, 1.807) is 0 Å². The van der Waals surface area contributed by atoms with Crippen molar-refractivity contribution in [3.63, 3.8) is 0 Å². The van der Waals surface area contributed by atoms with E-state index in [-0.39, 0.29) is 23.6 Å². The van der Waals surface area contributed by atoms with Crippen LogP contribution in [0.3, 0.4) is 0 Å². The summed E-state index contributed by atoms with van der Waals surface area (Å²) in [4.78, 5) is 20.3. The first-order valence-corrected chi connectivity index (χ1v) is 11.5. The highest BCUT2D eigenvalue weighted by molar-refractivity contribution is 6.30. The quantitative estimate of drug-likeness (QED) is 0.487. The second-order valence-electron chi connectivity index (χ2n) is 9.02. The number of pyridine rings is 1. The maximum atomic E-state index is 14.1. The van der Waals surface area contributed by atoms with E-state index in [4.69, 9.17) is 11.6 Å². The molecule has 32 heavy (non-hydrogen) atoms. The largest absolute Gasteiger partial charge is 0.507 e. The maximum absolute atomic E-state index is 14.1. The second kappa shape index (κ2) is 8.95. The second-order valence-corrected chi connectivity index (χ2v) is 9.37. The predicted molar refractivity (Wildman–Crippen MR) is 128 cm³/mol. The summed E-state index contributed by atoms with van der Waals surface area (Å²) in [7, 11) is 0. The fourth-order valence-corrected chi connectivity index (χ4v) is 4.79. The zero-order chi connectivity index (χ0) is 23.0. The van der Waals surface area contributed by atoms with Crippen LogP contribution < -0.4 is 0 Å². The minimum atomic E-state index is -0.163. The number of halogens is 1. The molecule has 1 aromatic heterocycles. The van der Waals surface area contributed by atoms with Crippen LogP contribution in [0.5, 0.6) is 5.75 Å². The van der Waals surface area contributed by atoms with E-state index in [2.05, 4.69) is 17.1 Å². The van der Waals surface area contributed by atoms with Crippen molar-refractivity contribution in [1.82, 2.24) is 9.88 Å². The van der Waals surface area contributed by atoms with E-state index in [1.165, 1.54) is 11.1 Å². The molecule has 0 saturated carbocycles. The number of phenols is 1. The predicted octanol–water partition coefficient (Wildman–Crippen LogP) is 5.99. The van der Waals surface area contributed by atoms with Crippen molar-refractivity contribution < 1.29 is 9.90 Å². The van der Waals surface area contributed by atoms with Gasteiger partial charge in [-0.05, 0) is 60.9 Å². The Bertz CT molecular complexity index is 1150. The van der Waals surface area contributed by atoms with Crippen molar-refractivity contribution in [2.45, 2.75) is 59.0 Å². The number of carbonyl (C=O) groups is 1. The van der Waals surface area contributed by atoms with Gasteiger partial charge in [0, 0.05) is 23.8 Å². The molecule has 3 aromatic rings. The van der Waals surface area contributed by atoms with Crippen LogP contribution in [-0.4, -0.2) is 26.9 Å². The summed E-state index contributed by atoms with van der Waals surface area (Å²) in [6.45, 7) is 8.14. The van der Waals surface area contributed by atoms with Crippen LogP contribution in [-0.2, 0) is 19.4 Å². The summed E-state index contributed by atoms with van der Waals surface area (Å²) in [5.41, 5.74) is 6.12. The van der Waals surface area contributed by atoms with Gasteiger partial charge < -0.3 is 10.0 Å². The molecule has 0 atom stereocenters. The van der Waals surface area contributed by atoms with E-state index >= 15 is 0 Å². The molecular formula is C27H29ClN2O2. The van der Waals surface area contributed by atoms with Crippen LogP contribution in [0.1, 0.15) is 63.6 Å². The third kappa shape index (κ3) is 4.24. The van der Waals surface area contributed by atoms with Crippen LogP contribution in [0, 0.1) is 13.8 Å². The number of carbonyl (C=O) groups excluding carboxylic acids is 1. The molecular weight excluding hydrogens is 420 g/mol. The SMILES string of the molecule is Cc1ccc(CN(C(=O)c2c(C(C)C)ccc(C)c2O)C2Cc3ccccc3C2)c(Cl)n1. The average Bonchev–Trinajstić information content (AvgIpc) is 3.18. The molecule has 1 aliphatic carbocycles. The Morgan fingerprint density at radius 2 is 1.75 bits per heavy atom. The van der Waals surface area contributed by atoms with Gasteiger partial charge in [-0.1, -0.05) is 67.9 Å². The lowest BCUT2D eigenvalue weighted by Gasteiger charge is -2.31. The topological polar surface area (TPSA) is 53.4 Å². The molecule has 0 unspecified atom stereocenters. The summed E-state index contributed by atoms with van der Waals surface area (Å²) in [6, 6.07) is 16.0. The number of phenolic OH excluding ortho intramolecular Hbond substituents is 1. The van der Waals surface area contributed by atoms with E-state index in [0.717, 1.165) is 29.7 Å². The van der Waals surface area contributed by atoms with E-state index in [1.807, 2.05) is 69.0 Å². The Hall–Kier alpha value is -2.85. The van der Waals surface area contributed by atoms with Gasteiger partial charge in [0.25, 0.3) is 5.91 Å². The van der Waals surface area contributed by atoms with Crippen LogP contribution >= 0.6 is 11.6 Å². The van der Waals surface area contributed by atoms with Crippen molar-refractivity contribution in [1.29, 1.82) is 0 Å². The average molecular weight is 449 g/mol. The summed E-state index contributed by atoms with van der Waals surface area (Å²) >= 11 is 6.46. The molecule has 0 fully saturated rings. The molecule has 2 aromatic carbocycles. The molecule has 0 spiro atoms. The third-order valence-electron chi connectivity index (χ3n) is 6.38. The molecule has 5 heteroatoms. The number of hydrogen-bond acceptors (Lipinski definition) is 3. The number of benzene rings is 2. The van der Waals surface area contributed by atoms with Gasteiger partial charge in [-0.3, -0.25) is 4.79 Å². The smallest absolute Gasteiger partial charge is 0.258 e. The monoisotopic (exact) mass is 448 g/mol. The van der Waals surface area contributed by atoms with Gasteiger partial charge in [-0.25, -0.2) is 4.98 Å². The van der Waals surface area contributed by atoms with Crippen molar-refractivity contribution in [3.8, 4) is 5.75 Å². The van der Waals surface area contributed by atoms with Gasteiger partial charge in [0.1, 0.15) is 10.9 Å². The van der Waals surface area contributed by atoms with Crippen molar-refractivity contribution in [2.75, 3.05) is 0 Å². The standard InChI is InChI=1S/C27H29ClN2O2/c1-16(2)23-12-9-17(3)25(31)24(23)27(32)30(15-21-11-10-18(4)29-26(21)28)22-13-19-7-5-6-8-20(19)14-22/h5-12,16,22,31H,13-15H2,1-4H3. The normalized spacial score (nSPS) is 13.4. The first kappa shape index (κ1) is 22.3. The molecule has 4 nitrogen and oxygen atoms in total. The molecule has 1 amide bonds. The highest BCUT2D eigenvalue weighted by atomic mass is 35.5. The molecule has 0 saturated heterocycles. The Morgan fingerprint density at radius 3 is 2.34 bits per heavy atom. The zero-order valence-corrected chi connectivity index (χ0v) is 19.8. The van der Waals surface area contributed by atoms with Gasteiger partial charge in [0.2, 0.25) is 0 Å². The van der Waals surface area contributed by atoms with Crippen LogP contribution in [0.25, 0.3) is 0 Å². The number of amides is 1. The number of nitrogens with zero attached hydrogens (tertiary/aromatic N) is 2. The van der Waals surface area contributed by atoms with Gasteiger partial charge in [0.15, 0.2) is 0 Å². The number of aromatic hydroxyl groups is 1. The maximum Gasteiger partial charge on any atom is 0.258 e. The molecule has 0 aliphatic heterocycles. The minimum Gasteiger partial charge on any atom is -0.507 e. The molecule has 0 bridgehead atoms. The summed E-state index contributed by atoms with van der Waals surface area (Å²) in [6.07, 6.45) is 1.56. The fourth-order valence-electron chi connectivity index (χ4n) is 4.54. The minimum absolute atomic E-state index is 0.0165. The van der Waals surface area contributed by atoms with E-state index < -0.39 is 0 Å². The van der Waals surface area contributed by atoms with Crippen molar-refractivity contribution >= 4 is 17.5 Å². The van der Waals surface area contributed by atoms with Crippen LogP contribution in [0.4, 0.5) is 0 Å².